The Hall–Kier alpha value is -1.23. The lowest BCUT2D eigenvalue weighted by Crippen LogP contribution is -2.26. The molecule has 1 aromatic carbocycles. The summed E-state index contributed by atoms with van der Waals surface area (Å²) < 4.78 is 0. The molecule has 1 N–H and O–H groups in total. The Morgan fingerprint density at radius 3 is 2.68 bits per heavy atom. The molecule has 0 aliphatic heterocycles. The van der Waals surface area contributed by atoms with Gasteiger partial charge in [0.25, 0.3) is 0 Å². The first kappa shape index (κ1) is 14.2. The summed E-state index contributed by atoms with van der Waals surface area (Å²) in [7, 11) is 0. The molecule has 0 aliphatic rings. The predicted molar refractivity (Wildman–Crippen MR) is 80.2 cm³/mol. The van der Waals surface area contributed by atoms with Gasteiger partial charge in [-0.15, -0.1) is 11.3 Å². The number of nitrogens with zero attached hydrogens (tertiary/aromatic N) is 2. The Balaban J connectivity index is 2.04. The molecule has 2 rings (SSSR count). The van der Waals surface area contributed by atoms with Gasteiger partial charge in [0.05, 0.1) is 6.61 Å². The lowest BCUT2D eigenvalue weighted by atomic mass is 10.2. The van der Waals surface area contributed by atoms with Crippen molar-refractivity contribution in [3.8, 4) is 10.6 Å². The van der Waals surface area contributed by atoms with E-state index in [0.29, 0.717) is 0 Å². The Morgan fingerprint density at radius 1 is 1.21 bits per heavy atom. The molecule has 2 aromatic rings. The third-order valence-corrected chi connectivity index (χ3v) is 3.94. The van der Waals surface area contributed by atoms with Gasteiger partial charge in [-0.1, -0.05) is 37.3 Å². The molecule has 0 amide bonds. The van der Waals surface area contributed by atoms with Crippen LogP contribution in [0, 0.1) is 0 Å². The highest BCUT2D eigenvalue weighted by Gasteiger charge is 2.08. The van der Waals surface area contributed by atoms with Gasteiger partial charge >= 0.3 is 0 Å². The minimum atomic E-state index is 0.213. The topological polar surface area (TPSA) is 36.4 Å². The number of aliphatic hydroxyl groups is 1. The summed E-state index contributed by atoms with van der Waals surface area (Å²) in [6.07, 6.45) is 3.05. The van der Waals surface area contributed by atoms with Crippen LogP contribution >= 0.6 is 11.3 Å². The summed E-state index contributed by atoms with van der Waals surface area (Å²) in [5, 5.41) is 10.1. The summed E-state index contributed by atoms with van der Waals surface area (Å²) in [6, 6.07) is 10.2. The largest absolute Gasteiger partial charge is 0.395 e. The van der Waals surface area contributed by atoms with Gasteiger partial charge in [0.15, 0.2) is 0 Å². The molecule has 0 unspecified atom stereocenters. The van der Waals surface area contributed by atoms with Gasteiger partial charge in [0.1, 0.15) is 5.01 Å². The molecule has 19 heavy (non-hydrogen) atoms. The summed E-state index contributed by atoms with van der Waals surface area (Å²) in [4.78, 5) is 8.01. The van der Waals surface area contributed by atoms with E-state index in [2.05, 4.69) is 28.9 Å². The summed E-state index contributed by atoms with van der Waals surface area (Å²) in [5.74, 6) is 0. The molecule has 0 radical (unpaired) electrons. The number of hydrogen-bond donors (Lipinski definition) is 1. The standard InChI is InChI=1S/C15H20N2OS/c1-2-8-17(9-10-18)12-14-11-16-15(19-14)13-6-4-3-5-7-13/h3-7,11,18H,2,8-10,12H2,1H3. The zero-order valence-electron chi connectivity index (χ0n) is 11.2. The molecule has 1 aromatic heterocycles. The molecule has 102 valence electrons. The number of aromatic nitrogens is 1. The molecule has 0 bridgehead atoms. The number of benzene rings is 1. The summed E-state index contributed by atoms with van der Waals surface area (Å²) in [6.45, 7) is 4.99. The maximum Gasteiger partial charge on any atom is 0.123 e. The Labute approximate surface area is 118 Å². The van der Waals surface area contributed by atoms with Gasteiger partial charge in [0, 0.05) is 29.7 Å². The minimum Gasteiger partial charge on any atom is -0.395 e. The highest BCUT2D eigenvalue weighted by atomic mass is 32.1. The van der Waals surface area contributed by atoms with Gasteiger partial charge in [-0.05, 0) is 13.0 Å². The van der Waals surface area contributed by atoms with E-state index in [4.69, 9.17) is 5.11 Å². The SMILES string of the molecule is CCCN(CCO)Cc1cnc(-c2ccccc2)s1. The van der Waals surface area contributed by atoms with Crippen molar-refractivity contribution in [1.29, 1.82) is 0 Å². The van der Waals surface area contributed by atoms with Crippen molar-refractivity contribution < 1.29 is 5.11 Å². The van der Waals surface area contributed by atoms with Crippen LogP contribution in [0.15, 0.2) is 36.5 Å². The van der Waals surface area contributed by atoms with Crippen LogP contribution in [0.25, 0.3) is 10.6 Å². The van der Waals surface area contributed by atoms with Gasteiger partial charge in [-0.2, -0.15) is 0 Å². The monoisotopic (exact) mass is 276 g/mol. The molecule has 0 atom stereocenters. The van der Waals surface area contributed by atoms with Gasteiger partial charge in [-0.25, -0.2) is 4.98 Å². The van der Waals surface area contributed by atoms with Crippen LogP contribution in [0.5, 0.6) is 0 Å². The second kappa shape index (κ2) is 7.38. The lowest BCUT2D eigenvalue weighted by Gasteiger charge is -2.19. The number of aliphatic hydroxyl groups excluding tert-OH is 1. The third-order valence-electron chi connectivity index (χ3n) is 2.91. The zero-order valence-corrected chi connectivity index (χ0v) is 12.1. The lowest BCUT2D eigenvalue weighted by molar-refractivity contribution is 0.191. The van der Waals surface area contributed by atoms with Crippen LogP contribution in [-0.2, 0) is 6.54 Å². The second-order valence-corrected chi connectivity index (χ2v) is 5.61. The van der Waals surface area contributed by atoms with Crippen molar-refractivity contribution in [2.45, 2.75) is 19.9 Å². The van der Waals surface area contributed by atoms with Crippen LogP contribution in [0.4, 0.5) is 0 Å². The number of hydrogen-bond acceptors (Lipinski definition) is 4. The quantitative estimate of drug-likeness (QED) is 0.844. The van der Waals surface area contributed by atoms with Crippen molar-refractivity contribution in [1.82, 2.24) is 9.88 Å². The molecular weight excluding hydrogens is 256 g/mol. The second-order valence-electron chi connectivity index (χ2n) is 4.50. The van der Waals surface area contributed by atoms with E-state index in [1.165, 1.54) is 10.4 Å². The number of rotatable bonds is 7. The van der Waals surface area contributed by atoms with E-state index >= 15 is 0 Å². The fraction of sp³-hybridized carbons (Fsp3) is 0.400. The molecule has 0 spiro atoms. The Bertz CT molecular complexity index is 478. The highest BCUT2D eigenvalue weighted by molar-refractivity contribution is 7.15. The van der Waals surface area contributed by atoms with Crippen molar-refractivity contribution in [3.63, 3.8) is 0 Å². The van der Waals surface area contributed by atoms with E-state index < -0.39 is 0 Å². The third kappa shape index (κ3) is 4.13. The Morgan fingerprint density at radius 2 is 2.00 bits per heavy atom. The van der Waals surface area contributed by atoms with Crippen LogP contribution < -0.4 is 0 Å². The van der Waals surface area contributed by atoms with Crippen molar-refractivity contribution in [2.75, 3.05) is 19.7 Å². The molecular formula is C15H20N2OS. The van der Waals surface area contributed by atoms with Crippen molar-refractivity contribution in [2.24, 2.45) is 0 Å². The molecule has 0 saturated heterocycles. The molecule has 0 saturated carbocycles. The van der Waals surface area contributed by atoms with E-state index in [9.17, 15) is 0 Å². The van der Waals surface area contributed by atoms with E-state index in [0.717, 1.165) is 31.1 Å². The Kier molecular flexibility index (Phi) is 5.51. The molecule has 0 aliphatic carbocycles. The van der Waals surface area contributed by atoms with Crippen molar-refractivity contribution in [3.05, 3.63) is 41.4 Å². The van der Waals surface area contributed by atoms with Gasteiger partial charge < -0.3 is 5.11 Å². The van der Waals surface area contributed by atoms with Crippen LogP contribution in [0.3, 0.4) is 0 Å². The number of thiazole rings is 1. The first-order valence-electron chi connectivity index (χ1n) is 6.66. The van der Waals surface area contributed by atoms with Gasteiger partial charge in [0.2, 0.25) is 0 Å². The van der Waals surface area contributed by atoms with Gasteiger partial charge in [-0.3, -0.25) is 4.90 Å². The van der Waals surface area contributed by atoms with E-state index in [-0.39, 0.29) is 6.61 Å². The molecule has 1 heterocycles. The average molecular weight is 276 g/mol. The predicted octanol–water partition coefficient (Wildman–Crippen LogP) is 3.01. The molecule has 4 heteroatoms. The average Bonchev–Trinajstić information content (AvgIpc) is 2.89. The normalized spacial score (nSPS) is 11.1. The molecule has 3 nitrogen and oxygen atoms in total. The summed E-state index contributed by atoms with van der Waals surface area (Å²) >= 11 is 1.73. The van der Waals surface area contributed by atoms with E-state index in [1.807, 2.05) is 24.4 Å². The summed E-state index contributed by atoms with van der Waals surface area (Å²) in [5.41, 5.74) is 1.17. The van der Waals surface area contributed by atoms with E-state index in [1.54, 1.807) is 11.3 Å². The fourth-order valence-corrected chi connectivity index (χ4v) is 3.00. The minimum absolute atomic E-state index is 0.213. The zero-order chi connectivity index (χ0) is 13.5. The maximum atomic E-state index is 9.07. The fourth-order valence-electron chi connectivity index (χ4n) is 2.04. The molecule has 0 fully saturated rings. The van der Waals surface area contributed by atoms with Crippen LogP contribution in [0.1, 0.15) is 18.2 Å². The maximum absolute atomic E-state index is 9.07. The smallest absolute Gasteiger partial charge is 0.123 e. The highest BCUT2D eigenvalue weighted by Crippen LogP contribution is 2.25. The first-order valence-corrected chi connectivity index (χ1v) is 7.48. The van der Waals surface area contributed by atoms with Crippen molar-refractivity contribution >= 4 is 11.3 Å². The first-order chi connectivity index (χ1) is 9.33. The van der Waals surface area contributed by atoms with Crippen LogP contribution in [0.2, 0.25) is 0 Å². The van der Waals surface area contributed by atoms with Crippen LogP contribution in [-0.4, -0.2) is 34.7 Å².